The Morgan fingerprint density at radius 2 is 2.06 bits per heavy atom. The summed E-state index contributed by atoms with van der Waals surface area (Å²) in [5.41, 5.74) is 4.28. The van der Waals surface area contributed by atoms with Gasteiger partial charge in [0, 0.05) is 23.8 Å². The van der Waals surface area contributed by atoms with Crippen LogP contribution in [0.2, 0.25) is 5.02 Å². The van der Waals surface area contributed by atoms with E-state index in [1.807, 2.05) is 32.0 Å². The number of fused-ring (bicyclic) bond motifs is 1. The second kappa shape index (κ2) is 9.81. The molecule has 164 valence electrons. The predicted octanol–water partition coefficient (Wildman–Crippen LogP) is 5.19. The molecule has 1 aliphatic rings. The molecule has 0 spiro atoms. The number of halogens is 1. The van der Waals surface area contributed by atoms with Gasteiger partial charge in [-0.1, -0.05) is 28.9 Å². The highest BCUT2D eigenvalue weighted by Crippen LogP contribution is 2.33. The van der Waals surface area contributed by atoms with Gasteiger partial charge in [0.15, 0.2) is 0 Å². The SMILES string of the molecule is CC(C)Oc1ccc(-c2nc(-c3ccc4c(c3)CCCNC4CCCO)no2)cc1Cl. The highest BCUT2D eigenvalue weighted by atomic mass is 35.5. The fourth-order valence-corrected chi connectivity index (χ4v) is 4.19. The summed E-state index contributed by atoms with van der Waals surface area (Å²) in [7, 11) is 0. The van der Waals surface area contributed by atoms with Crippen molar-refractivity contribution in [3.8, 4) is 28.6 Å². The third-order valence-corrected chi connectivity index (χ3v) is 5.70. The van der Waals surface area contributed by atoms with E-state index in [0.29, 0.717) is 22.5 Å². The monoisotopic (exact) mass is 441 g/mol. The van der Waals surface area contributed by atoms with Gasteiger partial charge in [0.05, 0.1) is 11.1 Å². The van der Waals surface area contributed by atoms with Crippen molar-refractivity contribution >= 4 is 11.6 Å². The molecule has 0 saturated heterocycles. The standard InChI is InChI=1S/C24H28ClN3O3/c1-15(2)30-22-10-8-18(14-20(22)25)24-27-23(28-31-24)17-7-9-19-16(13-17)5-3-11-26-21(19)6-4-12-29/h7-10,13-15,21,26,29H,3-6,11-12H2,1-2H3. The molecule has 0 bridgehead atoms. The molecule has 2 N–H and O–H groups in total. The molecule has 0 fully saturated rings. The molecule has 7 heteroatoms. The maximum absolute atomic E-state index is 9.20. The van der Waals surface area contributed by atoms with Crippen LogP contribution in [-0.2, 0) is 6.42 Å². The lowest BCUT2D eigenvalue weighted by Gasteiger charge is -2.18. The lowest BCUT2D eigenvalue weighted by atomic mass is 9.94. The topological polar surface area (TPSA) is 80.4 Å². The van der Waals surface area contributed by atoms with Gasteiger partial charge in [0.25, 0.3) is 5.89 Å². The molecule has 0 radical (unpaired) electrons. The Bertz CT molecular complexity index is 1030. The first kappa shape index (κ1) is 21.8. The number of rotatable bonds is 7. The Balaban J connectivity index is 1.58. The average molecular weight is 442 g/mol. The second-order valence-electron chi connectivity index (χ2n) is 8.12. The van der Waals surface area contributed by atoms with Crippen molar-refractivity contribution < 1.29 is 14.4 Å². The molecule has 1 aliphatic heterocycles. The Morgan fingerprint density at radius 3 is 2.84 bits per heavy atom. The molecule has 0 saturated carbocycles. The van der Waals surface area contributed by atoms with Crippen molar-refractivity contribution in [3.05, 3.63) is 52.5 Å². The number of hydrogen-bond acceptors (Lipinski definition) is 6. The van der Waals surface area contributed by atoms with Gasteiger partial charge in [-0.2, -0.15) is 4.98 Å². The van der Waals surface area contributed by atoms with Crippen molar-refractivity contribution in [2.24, 2.45) is 0 Å². The van der Waals surface area contributed by atoms with Crippen LogP contribution in [0, 0.1) is 0 Å². The van der Waals surface area contributed by atoms with Crippen LogP contribution in [-0.4, -0.2) is 34.5 Å². The number of benzene rings is 2. The summed E-state index contributed by atoms with van der Waals surface area (Å²) in [6, 6.07) is 12.1. The lowest BCUT2D eigenvalue weighted by molar-refractivity contribution is 0.242. The first-order valence-electron chi connectivity index (χ1n) is 10.8. The number of aliphatic hydroxyl groups excluding tert-OH is 1. The normalized spacial score (nSPS) is 16.2. The van der Waals surface area contributed by atoms with Gasteiger partial charge in [-0.15, -0.1) is 0 Å². The number of hydrogen-bond donors (Lipinski definition) is 2. The van der Waals surface area contributed by atoms with Gasteiger partial charge in [0.2, 0.25) is 5.82 Å². The molecule has 6 nitrogen and oxygen atoms in total. The number of nitrogens with zero attached hydrogens (tertiary/aromatic N) is 2. The fraction of sp³-hybridized carbons (Fsp3) is 0.417. The number of ether oxygens (including phenoxy) is 1. The van der Waals surface area contributed by atoms with E-state index >= 15 is 0 Å². The molecule has 1 unspecified atom stereocenters. The van der Waals surface area contributed by atoms with Gasteiger partial charge < -0.3 is 19.7 Å². The van der Waals surface area contributed by atoms with E-state index in [4.69, 9.17) is 20.9 Å². The first-order chi connectivity index (χ1) is 15.0. The van der Waals surface area contributed by atoms with Gasteiger partial charge in [0.1, 0.15) is 5.75 Å². The van der Waals surface area contributed by atoms with Crippen LogP contribution in [0.25, 0.3) is 22.8 Å². The predicted molar refractivity (Wildman–Crippen MR) is 121 cm³/mol. The number of aryl methyl sites for hydroxylation is 1. The molecule has 31 heavy (non-hydrogen) atoms. The zero-order valence-corrected chi connectivity index (χ0v) is 18.7. The number of nitrogens with one attached hydrogen (secondary N) is 1. The molecular weight excluding hydrogens is 414 g/mol. The minimum absolute atomic E-state index is 0.0463. The number of aliphatic hydroxyl groups is 1. The summed E-state index contributed by atoms with van der Waals surface area (Å²) >= 11 is 6.36. The number of aromatic nitrogens is 2. The molecule has 3 aromatic rings. The van der Waals surface area contributed by atoms with Crippen LogP contribution >= 0.6 is 11.6 Å². The van der Waals surface area contributed by atoms with Crippen LogP contribution in [0.4, 0.5) is 0 Å². The Labute approximate surface area is 187 Å². The average Bonchev–Trinajstić information content (AvgIpc) is 3.16. The van der Waals surface area contributed by atoms with Crippen LogP contribution in [0.15, 0.2) is 40.9 Å². The van der Waals surface area contributed by atoms with E-state index < -0.39 is 0 Å². The minimum Gasteiger partial charge on any atom is -0.489 e. The van der Waals surface area contributed by atoms with Crippen molar-refractivity contribution in [2.75, 3.05) is 13.2 Å². The summed E-state index contributed by atoms with van der Waals surface area (Å²) in [6.45, 7) is 5.11. The summed E-state index contributed by atoms with van der Waals surface area (Å²) < 4.78 is 11.2. The highest BCUT2D eigenvalue weighted by Gasteiger charge is 2.20. The Hall–Kier alpha value is -2.41. The van der Waals surface area contributed by atoms with E-state index in [1.165, 1.54) is 11.1 Å². The molecule has 0 amide bonds. The largest absolute Gasteiger partial charge is 0.489 e. The smallest absolute Gasteiger partial charge is 0.258 e. The van der Waals surface area contributed by atoms with E-state index in [-0.39, 0.29) is 18.8 Å². The summed E-state index contributed by atoms with van der Waals surface area (Å²) in [5.74, 6) is 1.61. The van der Waals surface area contributed by atoms with E-state index in [0.717, 1.165) is 43.4 Å². The van der Waals surface area contributed by atoms with Crippen LogP contribution < -0.4 is 10.1 Å². The second-order valence-corrected chi connectivity index (χ2v) is 8.53. The summed E-state index contributed by atoms with van der Waals surface area (Å²) in [6.07, 6.45) is 3.84. The maximum atomic E-state index is 9.20. The quantitative estimate of drug-likeness (QED) is 0.525. The zero-order valence-electron chi connectivity index (χ0n) is 17.9. The summed E-state index contributed by atoms with van der Waals surface area (Å²) in [4.78, 5) is 4.60. The highest BCUT2D eigenvalue weighted by molar-refractivity contribution is 6.32. The molecule has 0 aliphatic carbocycles. The summed E-state index contributed by atoms with van der Waals surface area (Å²) in [5, 5.41) is 17.5. The first-order valence-corrected chi connectivity index (χ1v) is 11.2. The maximum Gasteiger partial charge on any atom is 0.258 e. The fourth-order valence-electron chi connectivity index (χ4n) is 3.96. The molecule has 1 atom stereocenters. The van der Waals surface area contributed by atoms with Crippen LogP contribution in [0.1, 0.15) is 50.3 Å². The van der Waals surface area contributed by atoms with Gasteiger partial charge in [-0.3, -0.25) is 0 Å². The van der Waals surface area contributed by atoms with Crippen molar-refractivity contribution in [1.82, 2.24) is 15.5 Å². The molecular formula is C24H28ClN3O3. The van der Waals surface area contributed by atoms with Gasteiger partial charge in [-0.25, -0.2) is 0 Å². The zero-order chi connectivity index (χ0) is 21.8. The van der Waals surface area contributed by atoms with E-state index in [9.17, 15) is 5.11 Å². The van der Waals surface area contributed by atoms with Gasteiger partial charge >= 0.3 is 0 Å². The van der Waals surface area contributed by atoms with E-state index in [1.54, 1.807) is 6.07 Å². The molecule has 2 aromatic carbocycles. The molecule has 2 heterocycles. The third kappa shape index (κ3) is 5.09. The third-order valence-electron chi connectivity index (χ3n) is 5.41. The van der Waals surface area contributed by atoms with Crippen molar-refractivity contribution in [2.45, 2.75) is 51.7 Å². The van der Waals surface area contributed by atoms with Crippen LogP contribution in [0.5, 0.6) is 5.75 Å². The Morgan fingerprint density at radius 1 is 1.23 bits per heavy atom. The van der Waals surface area contributed by atoms with Crippen LogP contribution in [0.3, 0.4) is 0 Å². The molecule has 1 aromatic heterocycles. The van der Waals surface area contributed by atoms with Crippen molar-refractivity contribution in [1.29, 1.82) is 0 Å². The van der Waals surface area contributed by atoms with Gasteiger partial charge in [-0.05, 0) is 81.5 Å². The molecule has 4 rings (SSSR count). The minimum atomic E-state index is 0.0463. The Kier molecular flexibility index (Phi) is 6.90. The lowest BCUT2D eigenvalue weighted by Crippen LogP contribution is -2.21. The van der Waals surface area contributed by atoms with Crippen molar-refractivity contribution in [3.63, 3.8) is 0 Å². The van der Waals surface area contributed by atoms with E-state index in [2.05, 4.69) is 27.6 Å².